The fraction of sp³-hybridized carbons (Fsp3) is 0.429. The number of thioether (sulfide) groups is 1. The second kappa shape index (κ2) is 10.7. The number of para-hydroxylation sites is 1. The molecule has 0 heterocycles. The molecule has 0 saturated heterocycles. The van der Waals surface area contributed by atoms with Crippen LogP contribution in [0.25, 0.3) is 0 Å². The first kappa shape index (κ1) is 19.2. The maximum absolute atomic E-state index is 6.32. The van der Waals surface area contributed by atoms with Gasteiger partial charge in [0, 0.05) is 9.92 Å². The van der Waals surface area contributed by atoms with Gasteiger partial charge in [0.15, 0.2) is 0 Å². The lowest BCUT2D eigenvalue weighted by atomic mass is 10.1. The quantitative estimate of drug-likeness (QED) is 0.245. The van der Waals surface area contributed by atoms with Crippen molar-refractivity contribution in [2.24, 2.45) is 0 Å². The van der Waals surface area contributed by atoms with Crippen LogP contribution < -0.4 is 4.74 Å². The molecule has 0 aliphatic rings. The van der Waals surface area contributed by atoms with Crippen LogP contribution in [0.15, 0.2) is 53.4 Å². The molecule has 0 bridgehead atoms. The molecule has 24 heavy (non-hydrogen) atoms. The highest BCUT2D eigenvalue weighted by atomic mass is 35.5. The Morgan fingerprint density at radius 1 is 0.958 bits per heavy atom. The summed E-state index contributed by atoms with van der Waals surface area (Å²) in [7, 11) is 0. The molecule has 0 aliphatic heterocycles. The highest BCUT2D eigenvalue weighted by Crippen LogP contribution is 2.31. The summed E-state index contributed by atoms with van der Waals surface area (Å²) in [5.74, 6) is 0.984. The van der Waals surface area contributed by atoms with Gasteiger partial charge in [-0.3, -0.25) is 0 Å². The lowest BCUT2D eigenvalue weighted by Gasteiger charge is -2.20. The van der Waals surface area contributed by atoms with Gasteiger partial charge >= 0.3 is 0 Å². The van der Waals surface area contributed by atoms with E-state index in [-0.39, 0.29) is 5.44 Å². The third kappa shape index (κ3) is 6.78. The van der Waals surface area contributed by atoms with Crippen molar-refractivity contribution in [3.63, 3.8) is 0 Å². The second-order valence-electron chi connectivity index (χ2n) is 6.09. The molecule has 130 valence electrons. The molecule has 0 aromatic heterocycles. The maximum Gasteiger partial charge on any atom is 0.148 e. The number of rotatable bonds is 10. The van der Waals surface area contributed by atoms with Gasteiger partial charge in [-0.05, 0) is 55.7 Å². The normalized spacial score (nSPS) is 12.1. The van der Waals surface area contributed by atoms with Crippen molar-refractivity contribution in [1.82, 2.24) is 0 Å². The average Bonchev–Trinajstić information content (AvgIpc) is 2.58. The summed E-state index contributed by atoms with van der Waals surface area (Å²) in [6.07, 6.45) is 7.47. The van der Waals surface area contributed by atoms with Gasteiger partial charge in [0.2, 0.25) is 0 Å². The van der Waals surface area contributed by atoms with Crippen LogP contribution in [0.2, 0.25) is 5.02 Å². The molecule has 0 fully saturated rings. The first-order valence-corrected chi connectivity index (χ1v) is 10.1. The minimum absolute atomic E-state index is 0.133. The van der Waals surface area contributed by atoms with Gasteiger partial charge in [-0.1, -0.05) is 74.2 Å². The summed E-state index contributed by atoms with van der Waals surface area (Å²) >= 11 is 7.77. The topological polar surface area (TPSA) is 9.23 Å². The molecule has 0 spiro atoms. The van der Waals surface area contributed by atoms with E-state index in [0.717, 1.165) is 17.2 Å². The third-order valence-corrected chi connectivity index (χ3v) is 5.37. The molecular formula is C21H27ClOS. The van der Waals surface area contributed by atoms with Crippen LogP contribution in [0.3, 0.4) is 0 Å². The Kier molecular flexibility index (Phi) is 8.55. The molecule has 1 atom stereocenters. The fourth-order valence-electron chi connectivity index (χ4n) is 2.55. The molecule has 1 nitrogen and oxygen atoms in total. The number of aryl methyl sites for hydroxylation is 1. The molecule has 2 aromatic rings. The molecule has 0 amide bonds. The Balaban J connectivity index is 1.97. The Hall–Kier alpha value is -1.12. The lowest BCUT2D eigenvalue weighted by Crippen LogP contribution is -2.12. The zero-order valence-electron chi connectivity index (χ0n) is 14.6. The number of unbranched alkanes of at least 4 members (excludes halogenated alkanes) is 4. The van der Waals surface area contributed by atoms with Gasteiger partial charge < -0.3 is 4.74 Å². The zero-order valence-corrected chi connectivity index (χ0v) is 16.2. The van der Waals surface area contributed by atoms with Crippen LogP contribution in [-0.4, -0.2) is 5.44 Å². The van der Waals surface area contributed by atoms with Gasteiger partial charge in [-0.2, -0.15) is 0 Å². The van der Waals surface area contributed by atoms with E-state index in [9.17, 15) is 0 Å². The van der Waals surface area contributed by atoms with E-state index in [2.05, 4.69) is 38.1 Å². The molecular weight excluding hydrogens is 336 g/mol. The summed E-state index contributed by atoms with van der Waals surface area (Å²) in [6.45, 7) is 4.35. The number of halogens is 1. The standard InChI is InChI=1S/C21H27ClOS/c1-3-4-5-6-7-12-21(23-20-11-9-8-10-17(20)2)24-19-15-13-18(22)14-16-19/h8-11,13-16,21H,3-7,12H2,1-2H3. The Labute approximate surface area is 155 Å². The van der Waals surface area contributed by atoms with Gasteiger partial charge in [-0.15, -0.1) is 0 Å². The zero-order chi connectivity index (χ0) is 17.2. The molecule has 2 aromatic carbocycles. The summed E-state index contributed by atoms with van der Waals surface area (Å²) in [5, 5.41) is 0.773. The van der Waals surface area contributed by atoms with E-state index in [1.165, 1.54) is 42.6 Å². The van der Waals surface area contributed by atoms with E-state index in [1.807, 2.05) is 24.3 Å². The molecule has 2 rings (SSSR count). The van der Waals surface area contributed by atoms with Gasteiger partial charge in [0.05, 0.1) is 0 Å². The van der Waals surface area contributed by atoms with E-state index in [0.29, 0.717) is 0 Å². The van der Waals surface area contributed by atoms with Crippen molar-refractivity contribution in [1.29, 1.82) is 0 Å². The van der Waals surface area contributed by atoms with Crippen molar-refractivity contribution >= 4 is 23.4 Å². The third-order valence-electron chi connectivity index (χ3n) is 3.98. The Morgan fingerprint density at radius 3 is 2.38 bits per heavy atom. The van der Waals surface area contributed by atoms with E-state index >= 15 is 0 Å². The molecule has 3 heteroatoms. The van der Waals surface area contributed by atoms with Crippen molar-refractivity contribution in [3.8, 4) is 5.75 Å². The van der Waals surface area contributed by atoms with Crippen LogP contribution in [0.5, 0.6) is 5.75 Å². The molecule has 0 radical (unpaired) electrons. The van der Waals surface area contributed by atoms with E-state index < -0.39 is 0 Å². The summed E-state index contributed by atoms with van der Waals surface area (Å²) in [6, 6.07) is 16.3. The predicted molar refractivity (Wildman–Crippen MR) is 106 cm³/mol. The van der Waals surface area contributed by atoms with Gasteiger partial charge in [0.25, 0.3) is 0 Å². The Morgan fingerprint density at radius 2 is 1.67 bits per heavy atom. The maximum atomic E-state index is 6.32. The van der Waals surface area contributed by atoms with Crippen molar-refractivity contribution < 1.29 is 4.74 Å². The second-order valence-corrected chi connectivity index (χ2v) is 7.76. The Bertz CT molecular complexity index is 597. The fourth-order valence-corrected chi connectivity index (χ4v) is 3.71. The minimum atomic E-state index is 0.133. The van der Waals surface area contributed by atoms with E-state index in [1.54, 1.807) is 11.8 Å². The minimum Gasteiger partial charge on any atom is -0.479 e. The van der Waals surface area contributed by atoms with Crippen molar-refractivity contribution in [2.75, 3.05) is 0 Å². The first-order chi connectivity index (χ1) is 11.7. The largest absolute Gasteiger partial charge is 0.479 e. The van der Waals surface area contributed by atoms with Crippen molar-refractivity contribution in [2.45, 2.75) is 62.7 Å². The summed E-state index contributed by atoms with van der Waals surface area (Å²) < 4.78 is 6.32. The van der Waals surface area contributed by atoms with Gasteiger partial charge in [-0.25, -0.2) is 0 Å². The van der Waals surface area contributed by atoms with Gasteiger partial charge in [0.1, 0.15) is 11.2 Å². The lowest BCUT2D eigenvalue weighted by molar-refractivity contribution is 0.269. The highest BCUT2D eigenvalue weighted by Gasteiger charge is 2.13. The molecule has 0 aliphatic carbocycles. The number of hydrogen-bond donors (Lipinski definition) is 0. The van der Waals surface area contributed by atoms with Crippen molar-refractivity contribution in [3.05, 3.63) is 59.1 Å². The number of hydrogen-bond acceptors (Lipinski definition) is 2. The molecule has 0 saturated carbocycles. The predicted octanol–water partition coefficient (Wildman–Crippen LogP) is 7.51. The van der Waals surface area contributed by atoms with Crippen LogP contribution >= 0.6 is 23.4 Å². The average molecular weight is 363 g/mol. The highest BCUT2D eigenvalue weighted by molar-refractivity contribution is 7.99. The SMILES string of the molecule is CCCCCCCC(Oc1ccccc1C)Sc1ccc(Cl)cc1. The van der Waals surface area contributed by atoms with Crippen LogP contribution in [0, 0.1) is 6.92 Å². The monoisotopic (exact) mass is 362 g/mol. The smallest absolute Gasteiger partial charge is 0.148 e. The summed E-state index contributed by atoms with van der Waals surface area (Å²) in [5.41, 5.74) is 1.32. The van der Waals surface area contributed by atoms with E-state index in [4.69, 9.17) is 16.3 Å². The van der Waals surface area contributed by atoms with Crippen LogP contribution in [-0.2, 0) is 0 Å². The molecule has 1 unspecified atom stereocenters. The first-order valence-electron chi connectivity index (χ1n) is 8.83. The van der Waals surface area contributed by atoms with Crippen LogP contribution in [0.1, 0.15) is 51.0 Å². The number of ether oxygens (including phenoxy) is 1. The summed E-state index contributed by atoms with van der Waals surface area (Å²) in [4.78, 5) is 1.20. The number of benzene rings is 2. The molecule has 0 N–H and O–H groups in total. The van der Waals surface area contributed by atoms with Crippen LogP contribution in [0.4, 0.5) is 0 Å².